The molecule has 0 spiro atoms. The summed E-state index contributed by atoms with van der Waals surface area (Å²) in [7, 11) is 0. The van der Waals surface area contributed by atoms with Gasteiger partial charge in [-0.3, -0.25) is 9.59 Å². The number of benzene rings is 2. The first kappa shape index (κ1) is 25.5. The van der Waals surface area contributed by atoms with E-state index in [1.54, 1.807) is 24.4 Å². The lowest BCUT2D eigenvalue weighted by Gasteiger charge is -2.29. The molecule has 0 bridgehead atoms. The van der Waals surface area contributed by atoms with Gasteiger partial charge < -0.3 is 25.0 Å². The summed E-state index contributed by atoms with van der Waals surface area (Å²) in [6.07, 6.45) is 5.22. The molecule has 200 valence electrons. The van der Waals surface area contributed by atoms with Crippen LogP contribution >= 0.6 is 11.6 Å². The molecule has 1 saturated heterocycles. The average molecular weight is 546 g/mol. The number of amides is 1. The molecule has 3 N–H and O–H groups in total. The number of rotatable bonds is 6. The maximum Gasteiger partial charge on any atom is 0.254 e. The molecule has 0 saturated carbocycles. The highest BCUT2D eigenvalue weighted by molar-refractivity contribution is 6.36. The number of ether oxygens (including phenoxy) is 1. The Kier molecular flexibility index (Phi) is 7.03. The lowest BCUT2D eigenvalue weighted by molar-refractivity contribution is -0.0224. The van der Waals surface area contributed by atoms with Gasteiger partial charge in [0.2, 0.25) is 0 Å². The summed E-state index contributed by atoms with van der Waals surface area (Å²) in [5, 5.41) is 13.5. The molecule has 0 unspecified atom stereocenters. The second-order valence-corrected chi connectivity index (χ2v) is 10.4. The van der Waals surface area contributed by atoms with Crippen LogP contribution in [0.1, 0.15) is 50.2 Å². The molecule has 2 aliphatic rings. The lowest BCUT2D eigenvalue weighted by Crippen LogP contribution is -2.36. The van der Waals surface area contributed by atoms with Gasteiger partial charge in [0.05, 0.1) is 41.3 Å². The number of nitrogens with zero attached hydrogens (tertiary/aromatic N) is 3. The summed E-state index contributed by atoms with van der Waals surface area (Å²) in [6.45, 7) is 1.60. The highest BCUT2D eigenvalue weighted by Crippen LogP contribution is 2.30. The molecule has 10 heteroatoms. The molecule has 2 aromatic heterocycles. The van der Waals surface area contributed by atoms with Crippen LogP contribution in [-0.2, 0) is 17.7 Å². The van der Waals surface area contributed by atoms with E-state index < -0.39 is 0 Å². The number of hydrogen-bond donors (Lipinski definition) is 3. The first-order valence-electron chi connectivity index (χ1n) is 13.0. The maximum atomic E-state index is 13.7. The summed E-state index contributed by atoms with van der Waals surface area (Å²) >= 11 is 6.59. The minimum absolute atomic E-state index is 0.00192. The van der Waals surface area contributed by atoms with Crippen molar-refractivity contribution in [2.75, 3.05) is 25.1 Å². The number of ketones is 1. The number of carbonyl (C=O) groups is 2. The fourth-order valence-corrected chi connectivity index (χ4v) is 5.60. The minimum atomic E-state index is -0.296. The molecule has 2 aromatic carbocycles. The standard InChI is InChI=1S/C29H28ClN5O4/c30-24-11-18(29(38)35-10-9-17-3-1-2-4-19(17)13-35)5-8-22(24)26(37)23-12-31-27-25(23)28(33-16-32-27)34-20-6-7-21(14-36)39-15-20/h1-5,8,11-12,16,20-21,36H,6-7,9-10,13-15H2,(H2,31,32,33,34)/t20-,21+/m1/s1. The van der Waals surface area contributed by atoms with Crippen LogP contribution in [0.2, 0.25) is 5.02 Å². The van der Waals surface area contributed by atoms with Crippen molar-refractivity contribution in [3.8, 4) is 0 Å². The zero-order chi connectivity index (χ0) is 26.9. The van der Waals surface area contributed by atoms with Gasteiger partial charge in [-0.1, -0.05) is 35.9 Å². The van der Waals surface area contributed by atoms with Crippen LogP contribution in [0.4, 0.5) is 5.82 Å². The van der Waals surface area contributed by atoms with Gasteiger partial charge in [0.25, 0.3) is 5.91 Å². The van der Waals surface area contributed by atoms with Crippen LogP contribution in [0.25, 0.3) is 11.0 Å². The molecule has 0 radical (unpaired) electrons. The monoisotopic (exact) mass is 545 g/mol. The van der Waals surface area contributed by atoms with Gasteiger partial charge >= 0.3 is 0 Å². The highest BCUT2D eigenvalue weighted by atomic mass is 35.5. The number of aliphatic hydroxyl groups is 1. The lowest BCUT2D eigenvalue weighted by atomic mass is 9.98. The Hall–Kier alpha value is -3.79. The molecule has 2 aliphatic heterocycles. The van der Waals surface area contributed by atoms with Gasteiger partial charge in [0, 0.05) is 30.4 Å². The third kappa shape index (κ3) is 5.01. The second-order valence-electron chi connectivity index (χ2n) is 9.97. The molecular weight excluding hydrogens is 518 g/mol. The smallest absolute Gasteiger partial charge is 0.254 e. The van der Waals surface area contributed by atoms with Crippen LogP contribution in [-0.4, -0.2) is 68.6 Å². The van der Waals surface area contributed by atoms with Crippen molar-refractivity contribution in [2.45, 2.75) is 38.0 Å². The van der Waals surface area contributed by atoms with E-state index in [1.807, 2.05) is 23.1 Å². The number of halogens is 1. The normalized spacial score (nSPS) is 19.1. The Morgan fingerprint density at radius 3 is 2.74 bits per heavy atom. The van der Waals surface area contributed by atoms with Gasteiger partial charge in [-0.15, -0.1) is 0 Å². The van der Waals surface area contributed by atoms with Crippen LogP contribution in [0.5, 0.6) is 0 Å². The largest absolute Gasteiger partial charge is 0.394 e. The van der Waals surface area contributed by atoms with E-state index in [2.05, 4.69) is 26.3 Å². The zero-order valence-corrected chi connectivity index (χ0v) is 21.9. The van der Waals surface area contributed by atoms with Gasteiger partial charge in [-0.05, 0) is 48.6 Å². The van der Waals surface area contributed by atoms with Gasteiger partial charge in [-0.2, -0.15) is 0 Å². The number of carbonyl (C=O) groups excluding carboxylic acids is 2. The van der Waals surface area contributed by atoms with E-state index in [9.17, 15) is 14.7 Å². The number of H-pyrrole nitrogens is 1. The van der Waals surface area contributed by atoms with Crippen molar-refractivity contribution in [2.24, 2.45) is 0 Å². The third-order valence-electron chi connectivity index (χ3n) is 7.51. The van der Waals surface area contributed by atoms with Gasteiger partial charge in [0.15, 0.2) is 5.78 Å². The Balaban J connectivity index is 1.23. The number of aliphatic hydroxyl groups excluding tert-OH is 1. The van der Waals surface area contributed by atoms with Gasteiger partial charge in [0.1, 0.15) is 17.8 Å². The topological polar surface area (TPSA) is 120 Å². The quantitative estimate of drug-likeness (QED) is 0.313. The van der Waals surface area contributed by atoms with Gasteiger partial charge in [-0.25, -0.2) is 9.97 Å². The van der Waals surface area contributed by atoms with Crippen LogP contribution in [0.3, 0.4) is 0 Å². The zero-order valence-electron chi connectivity index (χ0n) is 21.2. The van der Waals surface area contributed by atoms with E-state index >= 15 is 0 Å². The number of fused-ring (bicyclic) bond motifs is 2. The number of aromatic nitrogens is 3. The molecule has 1 amide bonds. The number of hydrogen-bond acceptors (Lipinski definition) is 7. The van der Waals surface area contributed by atoms with Crippen LogP contribution < -0.4 is 5.32 Å². The third-order valence-corrected chi connectivity index (χ3v) is 7.82. The van der Waals surface area contributed by atoms with Crippen molar-refractivity contribution in [3.05, 3.63) is 87.8 Å². The second kappa shape index (κ2) is 10.8. The molecule has 4 heterocycles. The van der Waals surface area contributed by atoms with E-state index in [1.165, 1.54) is 11.9 Å². The SMILES string of the molecule is O=C(c1ccc(C(=O)N2CCc3ccccc3C2)cc1Cl)c1c[nH]c2ncnc(N[C@@H]3CC[C@@H](CO)OC3)c12. The molecule has 9 nitrogen and oxygen atoms in total. The summed E-state index contributed by atoms with van der Waals surface area (Å²) in [6, 6.07) is 13.0. The van der Waals surface area contributed by atoms with E-state index in [0.29, 0.717) is 53.2 Å². The summed E-state index contributed by atoms with van der Waals surface area (Å²) in [5.41, 5.74) is 4.05. The molecule has 39 heavy (non-hydrogen) atoms. The maximum absolute atomic E-state index is 13.7. The summed E-state index contributed by atoms with van der Waals surface area (Å²) in [4.78, 5) is 40.4. The van der Waals surface area contributed by atoms with E-state index in [0.717, 1.165) is 24.8 Å². The molecule has 1 fully saturated rings. The Morgan fingerprint density at radius 2 is 1.97 bits per heavy atom. The number of aromatic amines is 1. The summed E-state index contributed by atoms with van der Waals surface area (Å²) < 4.78 is 5.68. The molecule has 0 aliphatic carbocycles. The number of anilines is 1. The van der Waals surface area contributed by atoms with Crippen molar-refractivity contribution < 1.29 is 19.4 Å². The van der Waals surface area contributed by atoms with Crippen molar-refractivity contribution in [1.29, 1.82) is 0 Å². The first-order valence-corrected chi connectivity index (χ1v) is 13.4. The Labute approximate surface area is 230 Å². The molecular formula is C29H28ClN5O4. The first-order chi connectivity index (χ1) is 19.0. The van der Waals surface area contributed by atoms with Crippen molar-refractivity contribution >= 4 is 40.1 Å². The highest BCUT2D eigenvalue weighted by Gasteiger charge is 2.26. The molecule has 6 rings (SSSR count). The fourth-order valence-electron chi connectivity index (χ4n) is 5.34. The van der Waals surface area contributed by atoms with E-state index in [4.69, 9.17) is 16.3 Å². The van der Waals surface area contributed by atoms with Crippen LogP contribution in [0, 0.1) is 0 Å². The fraction of sp³-hybridized carbons (Fsp3) is 0.310. The average Bonchev–Trinajstić information content (AvgIpc) is 3.42. The minimum Gasteiger partial charge on any atom is -0.394 e. The van der Waals surface area contributed by atoms with Crippen molar-refractivity contribution in [3.63, 3.8) is 0 Å². The van der Waals surface area contributed by atoms with E-state index in [-0.39, 0.29) is 35.5 Å². The molecule has 4 aromatic rings. The van der Waals surface area contributed by atoms with Crippen molar-refractivity contribution in [1.82, 2.24) is 19.9 Å². The number of nitrogens with one attached hydrogen (secondary N) is 2. The molecule has 2 atom stereocenters. The predicted octanol–water partition coefficient (Wildman–Crippen LogP) is 3.99. The Bertz CT molecular complexity index is 1550. The Morgan fingerprint density at radius 1 is 1.13 bits per heavy atom. The van der Waals surface area contributed by atoms with Crippen LogP contribution in [0.15, 0.2) is 55.0 Å². The summed E-state index contributed by atoms with van der Waals surface area (Å²) in [5.74, 6) is 0.111. The predicted molar refractivity (Wildman–Crippen MR) is 147 cm³/mol.